The fraction of sp³-hybridized carbons (Fsp3) is 0.158. The first-order chi connectivity index (χ1) is 11.6. The van der Waals surface area contributed by atoms with E-state index in [0.717, 1.165) is 11.1 Å². The van der Waals surface area contributed by atoms with Crippen molar-refractivity contribution in [3.63, 3.8) is 0 Å². The van der Waals surface area contributed by atoms with Gasteiger partial charge in [-0.25, -0.2) is 4.39 Å². The van der Waals surface area contributed by atoms with Gasteiger partial charge in [0.1, 0.15) is 5.82 Å². The van der Waals surface area contributed by atoms with Crippen LogP contribution in [0.25, 0.3) is 11.3 Å². The zero-order valence-corrected chi connectivity index (χ0v) is 13.5. The van der Waals surface area contributed by atoms with Crippen LogP contribution in [0.4, 0.5) is 4.39 Å². The predicted molar refractivity (Wildman–Crippen MR) is 91.0 cm³/mol. The molecule has 1 amide bonds. The highest BCUT2D eigenvalue weighted by molar-refractivity contribution is 6.00. The number of carbonyl (C=O) groups excluding carboxylic acids is 1. The molecular formula is C19H18FN3O. The molecule has 0 saturated carbocycles. The molecule has 0 unspecified atom stereocenters. The summed E-state index contributed by atoms with van der Waals surface area (Å²) >= 11 is 0. The number of H-pyrrole nitrogens is 1. The molecule has 1 atom stereocenters. The molecule has 0 bridgehead atoms. The number of aromatic nitrogens is 2. The van der Waals surface area contributed by atoms with Gasteiger partial charge in [-0.15, -0.1) is 0 Å². The number of aryl methyl sites for hydroxylation is 1. The number of carbonyl (C=O) groups is 1. The lowest BCUT2D eigenvalue weighted by Crippen LogP contribution is -2.26. The van der Waals surface area contributed by atoms with Crippen molar-refractivity contribution in [2.24, 2.45) is 0 Å². The first-order valence-corrected chi connectivity index (χ1v) is 7.72. The molecule has 0 radical (unpaired) electrons. The lowest BCUT2D eigenvalue weighted by Gasteiger charge is -2.15. The van der Waals surface area contributed by atoms with Crippen LogP contribution in [0.5, 0.6) is 0 Å². The molecule has 0 saturated heterocycles. The Balaban J connectivity index is 1.84. The lowest BCUT2D eigenvalue weighted by molar-refractivity contribution is 0.0940. The number of aromatic amines is 1. The van der Waals surface area contributed by atoms with Crippen molar-refractivity contribution in [2.45, 2.75) is 19.9 Å². The number of nitrogens with zero attached hydrogens (tertiary/aromatic N) is 1. The van der Waals surface area contributed by atoms with Crippen molar-refractivity contribution in [1.82, 2.24) is 15.5 Å². The largest absolute Gasteiger partial charge is 0.345 e. The van der Waals surface area contributed by atoms with Crippen molar-refractivity contribution < 1.29 is 9.18 Å². The molecule has 122 valence electrons. The molecule has 0 aliphatic rings. The third kappa shape index (κ3) is 3.20. The Morgan fingerprint density at radius 2 is 2.00 bits per heavy atom. The lowest BCUT2D eigenvalue weighted by atomic mass is 10.0. The van der Waals surface area contributed by atoms with Gasteiger partial charge in [-0.05, 0) is 31.5 Å². The maximum atomic E-state index is 14.0. The molecule has 0 aliphatic heterocycles. The van der Waals surface area contributed by atoms with Gasteiger partial charge in [0.05, 0.1) is 23.5 Å². The molecule has 24 heavy (non-hydrogen) atoms. The summed E-state index contributed by atoms with van der Waals surface area (Å²) < 4.78 is 14.0. The van der Waals surface area contributed by atoms with Crippen LogP contribution in [0.1, 0.15) is 34.5 Å². The van der Waals surface area contributed by atoms with Gasteiger partial charge in [-0.3, -0.25) is 9.89 Å². The Hall–Kier alpha value is -2.95. The van der Waals surface area contributed by atoms with Gasteiger partial charge in [0.25, 0.3) is 5.91 Å². The van der Waals surface area contributed by atoms with Gasteiger partial charge in [0, 0.05) is 5.56 Å². The maximum Gasteiger partial charge on any atom is 0.255 e. The van der Waals surface area contributed by atoms with E-state index in [1.807, 2.05) is 38.1 Å². The Labute approximate surface area is 139 Å². The zero-order valence-electron chi connectivity index (χ0n) is 13.5. The summed E-state index contributed by atoms with van der Waals surface area (Å²) in [6.07, 6.45) is 1.42. The van der Waals surface area contributed by atoms with Crippen molar-refractivity contribution >= 4 is 5.91 Å². The second-order valence-corrected chi connectivity index (χ2v) is 5.75. The fourth-order valence-electron chi connectivity index (χ4n) is 2.62. The standard InChI is InChI=1S/C19H18FN3O/c1-12-6-5-7-14(10-12)13(2)22-19(24)16-11-21-23-18(16)15-8-3-4-9-17(15)20/h3-11,13H,1-2H3,(H,21,23)(H,22,24)/t13-/m0/s1. The van der Waals surface area contributed by atoms with Gasteiger partial charge >= 0.3 is 0 Å². The molecule has 5 heteroatoms. The Kier molecular flexibility index (Phi) is 4.42. The number of amides is 1. The smallest absolute Gasteiger partial charge is 0.255 e. The summed E-state index contributed by atoms with van der Waals surface area (Å²) in [4.78, 5) is 12.6. The van der Waals surface area contributed by atoms with Crippen LogP contribution in [-0.2, 0) is 0 Å². The predicted octanol–water partition coefficient (Wildman–Crippen LogP) is 4.02. The van der Waals surface area contributed by atoms with Crippen LogP contribution in [0.15, 0.2) is 54.7 Å². The molecule has 2 N–H and O–H groups in total. The first-order valence-electron chi connectivity index (χ1n) is 7.72. The van der Waals surface area contributed by atoms with Crippen LogP contribution in [0, 0.1) is 12.7 Å². The topological polar surface area (TPSA) is 57.8 Å². The molecule has 1 heterocycles. The summed E-state index contributed by atoms with van der Waals surface area (Å²) in [5, 5.41) is 9.55. The van der Waals surface area contributed by atoms with E-state index in [9.17, 15) is 9.18 Å². The highest BCUT2D eigenvalue weighted by Gasteiger charge is 2.19. The minimum atomic E-state index is -0.400. The summed E-state index contributed by atoms with van der Waals surface area (Å²) in [6, 6.07) is 14.1. The number of hydrogen-bond acceptors (Lipinski definition) is 2. The first kappa shape index (κ1) is 15.9. The van der Waals surface area contributed by atoms with E-state index in [4.69, 9.17) is 0 Å². The number of benzene rings is 2. The van der Waals surface area contributed by atoms with E-state index < -0.39 is 5.82 Å². The van der Waals surface area contributed by atoms with E-state index in [-0.39, 0.29) is 11.9 Å². The van der Waals surface area contributed by atoms with Gasteiger partial charge in [-0.1, -0.05) is 42.0 Å². The second kappa shape index (κ2) is 6.66. The van der Waals surface area contributed by atoms with Crippen molar-refractivity contribution in [3.05, 3.63) is 77.2 Å². The number of rotatable bonds is 4. The van der Waals surface area contributed by atoms with E-state index in [2.05, 4.69) is 15.5 Å². The van der Waals surface area contributed by atoms with Crippen LogP contribution in [-0.4, -0.2) is 16.1 Å². The minimum absolute atomic E-state index is 0.166. The summed E-state index contributed by atoms with van der Waals surface area (Å²) in [5.74, 6) is -0.696. The Morgan fingerprint density at radius 3 is 2.75 bits per heavy atom. The van der Waals surface area contributed by atoms with Crippen molar-refractivity contribution in [2.75, 3.05) is 0 Å². The summed E-state index contributed by atoms with van der Waals surface area (Å²) in [6.45, 7) is 3.92. The van der Waals surface area contributed by atoms with Gasteiger partial charge in [0.2, 0.25) is 0 Å². The summed E-state index contributed by atoms with van der Waals surface area (Å²) in [7, 11) is 0. The molecule has 2 aromatic carbocycles. The molecule has 3 rings (SSSR count). The van der Waals surface area contributed by atoms with E-state index >= 15 is 0 Å². The van der Waals surface area contributed by atoms with Gasteiger partial charge in [-0.2, -0.15) is 5.10 Å². The summed E-state index contributed by atoms with van der Waals surface area (Å²) in [5.41, 5.74) is 3.16. The SMILES string of the molecule is Cc1cccc([C@H](C)NC(=O)c2cn[nH]c2-c2ccccc2F)c1. The van der Waals surface area contributed by atoms with Crippen LogP contribution in [0.2, 0.25) is 0 Å². The average Bonchev–Trinajstić information content (AvgIpc) is 3.04. The van der Waals surface area contributed by atoms with Crippen LogP contribution in [0.3, 0.4) is 0 Å². The quantitative estimate of drug-likeness (QED) is 0.762. The number of hydrogen-bond donors (Lipinski definition) is 2. The zero-order chi connectivity index (χ0) is 17.1. The van der Waals surface area contributed by atoms with Gasteiger partial charge < -0.3 is 5.32 Å². The molecular weight excluding hydrogens is 305 g/mol. The number of halogens is 1. The fourth-order valence-corrected chi connectivity index (χ4v) is 2.62. The van der Waals surface area contributed by atoms with Crippen LogP contribution < -0.4 is 5.32 Å². The highest BCUT2D eigenvalue weighted by atomic mass is 19.1. The van der Waals surface area contributed by atoms with Gasteiger partial charge in [0.15, 0.2) is 0 Å². The molecule has 0 aliphatic carbocycles. The maximum absolute atomic E-state index is 14.0. The van der Waals surface area contributed by atoms with E-state index in [1.165, 1.54) is 12.3 Å². The second-order valence-electron chi connectivity index (χ2n) is 5.75. The molecule has 4 nitrogen and oxygen atoms in total. The Bertz CT molecular complexity index is 872. The normalized spacial score (nSPS) is 12.0. The van der Waals surface area contributed by atoms with Crippen molar-refractivity contribution in [1.29, 1.82) is 0 Å². The molecule has 3 aromatic rings. The average molecular weight is 323 g/mol. The monoisotopic (exact) mass is 323 g/mol. The van der Waals surface area contributed by atoms with E-state index in [0.29, 0.717) is 16.8 Å². The Morgan fingerprint density at radius 1 is 1.21 bits per heavy atom. The third-order valence-corrected chi connectivity index (χ3v) is 3.92. The molecule has 0 fully saturated rings. The third-order valence-electron chi connectivity index (χ3n) is 3.92. The molecule has 0 spiro atoms. The highest BCUT2D eigenvalue weighted by Crippen LogP contribution is 2.24. The van der Waals surface area contributed by atoms with E-state index in [1.54, 1.807) is 18.2 Å². The number of nitrogens with one attached hydrogen (secondary N) is 2. The van der Waals surface area contributed by atoms with Crippen molar-refractivity contribution in [3.8, 4) is 11.3 Å². The minimum Gasteiger partial charge on any atom is -0.345 e. The molecule has 1 aromatic heterocycles. The van der Waals surface area contributed by atoms with Crippen LogP contribution >= 0.6 is 0 Å².